The van der Waals surface area contributed by atoms with Gasteiger partial charge in [-0.3, -0.25) is 0 Å². The highest BCUT2D eigenvalue weighted by molar-refractivity contribution is 6.32. The van der Waals surface area contributed by atoms with Crippen molar-refractivity contribution in [3.8, 4) is 23.3 Å². The van der Waals surface area contributed by atoms with Crippen LogP contribution in [0, 0.1) is 11.3 Å². The van der Waals surface area contributed by atoms with Gasteiger partial charge >= 0.3 is 5.97 Å². The van der Waals surface area contributed by atoms with E-state index < -0.39 is 11.9 Å². The Hall–Kier alpha value is -4.21. The van der Waals surface area contributed by atoms with Crippen LogP contribution in [-0.4, -0.2) is 12.6 Å². The molecule has 0 fully saturated rings. The van der Waals surface area contributed by atoms with Crippen LogP contribution in [0.2, 0.25) is 5.02 Å². The summed E-state index contributed by atoms with van der Waals surface area (Å²) in [5, 5.41) is 10.4. The topological polar surface area (TPSA) is 94.6 Å². The van der Waals surface area contributed by atoms with Crippen molar-refractivity contribution in [2.45, 2.75) is 32.1 Å². The number of carbonyl (C=O) groups is 1. The van der Waals surface area contributed by atoms with E-state index in [1.807, 2.05) is 36.4 Å². The van der Waals surface area contributed by atoms with Crippen molar-refractivity contribution in [2.75, 3.05) is 6.61 Å². The zero-order valence-electron chi connectivity index (χ0n) is 20.4. The Labute approximate surface area is 221 Å². The van der Waals surface area contributed by atoms with E-state index in [9.17, 15) is 10.1 Å². The molecular formula is C30H27ClN2O4. The molecule has 0 spiro atoms. The van der Waals surface area contributed by atoms with Gasteiger partial charge in [-0.25, -0.2) is 4.79 Å². The van der Waals surface area contributed by atoms with E-state index in [-0.39, 0.29) is 11.6 Å². The third-order valence-corrected chi connectivity index (χ3v) is 6.27. The van der Waals surface area contributed by atoms with Crippen LogP contribution in [0.5, 0.6) is 17.2 Å². The van der Waals surface area contributed by atoms with Crippen molar-refractivity contribution in [1.82, 2.24) is 0 Å². The first-order valence-electron chi connectivity index (χ1n) is 12.1. The molecular weight excluding hydrogens is 488 g/mol. The summed E-state index contributed by atoms with van der Waals surface area (Å²) in [4.78, 5) is 12.4. The molecule has 1 aliphatic rings. The summed E-state index contributed by atoms with van der Waals surface area (Å²) in [6, 6.07) is 22.0. The summed E-state index contributed by atoms with van der Waals surface area (Å²) in [6.07, 6.45) is 6.10. The smallest absolute Gasteiger partial charge is 0.336 e. The highest BCUT2D eigenvalue weighted by atomic mass is 35.5. The second-order valence-corrected chi connectivity index (χ2v) is 8.94. The third kappa shape index (κ3) is 6.32. The van der Waals surface area contributed by atoms with E-state index in [1.54, 1.807) is 36.4 Å². The van der Waals surface area contributed by atoms with E-state index in [2.05, 4.69) is 13.0 Å². The molecule has 3 aromatic carbocycles. The highest BCUT2D eigenvalue weighted by Gasteiger charge is 2.31. The molecule has 7 heteroatoms. The first-order chi connectivity index (χ1) is 18.0. The molecule has 0 amide bonds. The predicted molar refractivity (Wildman–Crippen MR) is 143 cm³/mol. The minimum absolute atomic E-state index is 0.0105. The average Bonchev–Trinajstić information content (AvgIpc) is 2.90. The average molecular weight is 515 g/mol. The van der Waals surface area contributed by atoms with Gasteiger partial charge in [-0.2, -0.15) is 5.26 Å². The lowest BCUT2D eigenvalue weighted by Crippen LogP contribution is -2.21. The number of benzene rings is 3. The number of nitrogens with two attached hydrogens (primary N) is 1. The van der Waals surface area contributed by atoms with Gasteiger partial charge in [0.25, 0.3) is 0 Å². The number of unbranched alkanes of at least 4 members (excludes halogenated alkanes) is 2. The summed E-state index contributed by atoms with van der Waals surface area (Å²) < 4.78 is 17.1. The monoisotopic (exact) mass is 514 g/mol. The van der Waals surface area contributed by atoms with Gasteiger partial charge in [0, 0.05) is 22.7 Å². The molecule has 0 saturated heterocycles. The Morgan fingerprint density at radius 2 is 1.95 bits per heavy atom. The minimum Gasteiger partial charge on any atom is -0.494 e. The number of allylic oxidation sites excluding steroid dienone is 1. The van der Waals surface area contributed by atoms with Crippen LogP contribution in [0.25, 0.3) is 6.08 Å². The Bertz CT molecular complexity index is 1390. The van der Waals surface area contributed by atoms with Crippen molar-refractivity contribution in [3.05, 3.63) is 106 Å². The van der Waals surface area contributed by atoms with E-state index >= 15 is 0 Å². The van der Waals surface area contributed by atoms with Crippen molar-refractivity contribution in [3.63, 3.8) is 0 Å². The lowest BCUT2D eigenvalue weighted by Gasteiger charge is -2.27. The molecule has 0 bridgehead atoms. The first kappa shape index (κ1) is 25.9. The van der Waals surface area contributed by atoms with Gasteiger partial charge in [0.15, 0.2) is 0 Å². The zero-order chi connectivity index (χ0) is 26.2. The predicted octanol–water partition coefficient (Wildman–Crippen LogP) is 6.75. The number of ether oxygens (including phenoxy) is 3. The Morgan fingerprint density at radius 1 is 1.11 bits per heavy atom. The van der Waals surface area contributed by atoms with Crippen LogP contribution >= 0.6 is 11.6 Å². The molecule has 0 aromatic heterocycles. The Kier molecular flexibility index (Phi) is 8.50. The van der Waals surface area contributed by atoms with E-state index in [1.165, 1.54) is 6.08 Å². The number of fused-ring (bicyclic) bond motifs is 1. The number of carbonyl (C=O) groups excluding carboxylic acids is 1. The summed E-state index contributed by atoms with van der Waals surface area (Å²) in [5.41, 5.74) is 8.73. The molecule has 4 rings (SSSR count). The van der Waals surface area contributed by atoms with Gasteiger partial charge in [-0.1, -0.05) is 67.8 Å². The van der Waals surface area contributed by atoms with Gasteiger partial charge in [0.2, 0.25) is 5.88 Å². The van der Waals surface area contributed by atoms with Gasteiger partial charge in [0.1, 0.15) is 28.9 Å². The molecule has 1 aliphatic heterocycles. The molecule has 37 heavy (non-hydrogen) atoms. The summed E-state index contributed by atoms with van der Waals surface area (Å²) in [5.74, 6) is 0.424. The number of esters is 1. The van der Waals surface area contributed by atoms with Gasteiger partial charge in [-0.15, -0.1) is 0 Å². The van der Waals surface area contributed by atoms with Crippen LogP contribution in [0.3, 0.4) is 0 Å². The molecule has 0 saturated carbocycles. The fourth-order valence-corrected chi connectivity index (χ4v) is 4.29. The molecule has 0 aliphatic carbocycles. The molecule has 0 radical (unpaired) electrons. The third-order valence-electron chi connectivity index (χ3n) is 5.92. The minimum atomic E-state index is -0.568. The quantitative estimate of drug-likeness (QED) is 0.147. The van der Waals surface area contributed by atoms with Crippen LogP contribution in [0.4, 0.5) is 0 Å². The lowest BCUT2D eigenvalue weighted by molar-refractivity contribution is -0.128. The number of hydrogen-bond acceptors (Lipinski definition) is 6. The largest absolute Gasteiger partial charge is 0.494 e. The van der Waals surface area contributed by atoms with Crippen LogP contribution in [0.1, 0.15) is 48.8 Å². The summed E-state index contributed by atoms with van der Waals surface area (Å²) in [7, 11) is 0. The molecule has 2 N–H and O–H groups in total. The second kappa shape index (κ2) is 12.2. The number of hydrogen-bond donors (Lipinski definition) is 1. The summed E-state index contributed by atoms with van der Waals surface area (Å²) >= 11 is 6.13. The van der Waals surface area contributed by atoms with Gasteiger partial charge < -0.3 is 19.9 Å². The second-order valence-electron chi connectivity index (χ2n) is 8.53. The van der Waals surface area contributed by atoms with Crippen molar-refractivity contribution < 1.29 is 19.0 Å². The van der Waals surface area contributed by atoms with Crippen molar-refractivity contribution in [1.29, 1.82) is 5.26 Å². The lowest BCUT2D eigenvalue weighted by atomic mass is 9.83. The van der Waals surface area contributed by atoms with E-state index in [0.717, 1.165) is 36.1 Å². The number of rotatable bonds is 9. The Morgan fingerprint density at radius 3 is 2.73 bits per heavy atom. The Balaban J connectivity index is 1.56. The molecule has 6 nitrogen and oxygen atoms in total. The van der Waals surface area contributed by atoms with E-state index in [0.29, 0.717) is 28.5 Å². The molecule has 1 heterocycles. The maximum Gasteiger partial charge on any atom is 0.336 e. The number of nitrogens with zero attached hydrogens (tertiary/aromatic N) is 1. The first-order valence-corrected chi connectivity index (χ1v) is 12.5. The number of nitriles is 1. The van der Waals surface area contributed by atoms with Crippen LogP contribution in [-0.2, 0) is 4.79 Å². The van der Waals surface area contributed by atoms with Crippen LogP contribution < -0.4 is 19.9 Å². The standard InChI is InChI=1S/C30H27ClN2O4/c1-2-3-6-16-35-22-10-7-9-21(17-22)29-24-14-13-23(18-27(24)37-30(33)25(29)19-32)36-28(34)15-12-20-8-4-5-11-26(20)31/h4-5,7-15,17-18,29H,2-3,6,16,33H2,1H3/b15-12+. The molecule has 3 aromatic rings. The fourth-order valence-electron chi connectivity index (χ4n) is 4.09. The maximum absolute atomic E-state index is 12.4. The van der Waals surface area contributed by atoms with Crippen molar-refractivity contribution >= 4 is 23.6 Å². The molecule has 1 atom stereocenters. The zero-order valence-corrected chi connectivity index (χ0v) is 21.2. The molecule has 188 valence electrons. The highest BCUT2D eigenvalue weighted by Crippen LogP contribution is 2.44. The summed E-state index contributed by atoms with van der Waals surface area (Å²) in [6.45, 7) is 2.78. The van der Waals surface area contributed by atoms with Gasteiger partial charge in [0.05, 0.1) is 12.5 Å². The number of halogens is 1. The van der Waals surface area contributed by atoms with Gasteiger partial charge in [-0.05, 0) is 47.9 Å². The van der Waals surface area contributed by atoms with E-state index in [4.69, 9.17) is 31.5 Å². The fraction of sp³-hybridized carbons (Fsp3) is 0.200. The van der Waals surface area contributed by atoms with Crippen molar-refractivity contribution in [2.24, 2.45) is 5.73 Å². The SMILES string of the molecule is CCCCCOc1cccc(C2C(C#N)=C(N)Oc3cc(OC(=O)/C=C/c4ccccc4Cl)ccc32)c1. The normalized spacial score (nSPS) is 14.6. The maximum atomic E-state index is 12.4. The van der Waals surface area contributed by atoms with Crippen LogP contribution in [0.15, 0.2) is 84.3 Å². The molecule has 1 unspecified atom stereocenters.